The second-order valence-corrected chi connectivity index (χ2v) is 4.13. The SMILES string of the molecule is COc1cccc(N(C)c2ccc(C(N)=NO)cc2)n1. The lowest BCUT2D eigenvalue weighted by molar-refractivity contribution is 0.318. The predicted octanol–water partition coefficient (Wildman–Crippen LogP) is 1.95. The van der Waals surface area contributed by atoms with Gasteiger partial charge in [-0.1, -0.05) is 11.2 Å². The lowest BCUT2D eigenvalue weighted by Gasteiger charge is -2.19. The van der Waals surface area contributed by atoms with Crippen molar-refractivity contribution >= 4 is 17.3 Å². The van der Waals surface area contributed by atoms with Gasteiger partial charge in [-0.3, -0.25) is 0 Å². The van der Waals surface area contributed by atoms with Crippen molar-refractivity contribution in [1.29, 1.82) is 0 Å². The molecular weight excluding hydrogens is 256 g/mol. The van der Waals surface area contributed by atoms with Gasteiger partial charge in [0.1, 0.15) is 5.82 Å². The zero-order chi connectivity index (χ0) is 14.5. The number of oxime groups is 1. The van der Waals surface area contributed by atoms with Gasteiger partial charge in [0.15, 0.2) is 5.84 Å². The monoisotopic (exact) mass is 272 g/mol. The Bertz CT molecular complexity index is 611. The molecule has 0 fully saturated rings. The second-order valence-electron chi connectivity index (χ2n) is 4.13. The number of pyridine rings is 1. The van der Waals surface area contributed by atoms with Crippen LogP contribution in [0.25, 0.3) is 0 Å². The molecule has 0 amide bonds. The minimum absolute atomic E-state index is 0.0821. The number of anilines is 2. The third kappa shape index (κ3) is 2.80. The summed E-state index contributed by atoms with van der Waals surface area (Å²) in [5.41, 5.74) is 7.11. The average molecular weight is 272 g/mol. The van der Waals surface area contributed by atoms with Crippen LogP contribution in [0.5, 0.6) is 5.88 Å². The Morgan fingerprint density at radius 3 is 2.55 bits per heavy atom. The molecular formula is C14H16N4O2. The summed E-state index contributed by atoms with van der Waals surface area (Å²) in [7, 11) is 3.48. The predicted molar refractivity (Wildman–Crippen MR) is 77.8 cm³/mol. The molecule has 0 unspecified atom stereocenters. The van der Waals surface area contributed by atoms with Gasteiger partial charge in [-0.25, -0.2) is 0 Å². The molecule has 0 bridgehead atoms. The fourth-order valence-corrected chi connectivity index (χ4v) is 1.75. The summed E-state index contributed by atoms with van der Waals surface area (Å²) in [6, 6.07) is 12.9. The molecule has 1 aromatic carbocycles. The van der Waals surface area contributed by atoms with E-state index in [-0.39, 0.29) is 5.84 Å². The van der Waals surface area contributed by atoms with Crippen LogP contribution in [-0.4, -0.2) is 30.2 Å². The number of methoxy groups -OCH3 is 1. The Balaban J connectivity index is 2.26. The Kier molecular flexibility index (Phi) is 4.05. The minimum atomic E-state index is 0.0821. The fourth-order valence-electron chi connectivity index (χ4n) is 1.75. The highest BCUT2D eigenvalue weighted by atomic mass is 16.5. The molecule has 1 aromatic heterocycles. The van der Waals surface area contributed by atoms with E-state index in [1.807, 2.05) is 36.2 Å². The first-order valence-electron chi connectivity index (χ1n) is 5.98. The van der Waals surface area contributed by atoms with E-state index in [2.05, 4.69) is 10.1 Å². The molecule has 20 heavy (non-hydrogen) atoms. The van der Waals surface area contributed by atoms with E-state index in [0.717, 1.165) is 11.5 Å². The van der Waals surface area contributed by atoms with Crippen LogP contribution in [0.4, 0.5) is 11.5 Å². The Morgan fingerprint density at radius 1 is 1.25 bits per heavy atom. The van der Waals surface area contributed by atoms with E-state index < -0.39 is 0 Å². The molecule has 0 saturated heterocycles. The van der Waals surface area contributed by atoms with Gasteiger partial charge in [0.25, 0.3) is 0 Å². The van der Waals surface area contributed by atoms with E-state index >= 15 is 0 Å². The Hall–Kier alpha value is -2.76. The highest BCUT2D eigenvalue weighted by Gasteiger charge is 2.07. The van der Waals surface area contributed by atoms with Gasteiger partial charge < -0.3 is 20.6 Å². The van der Waals surface area contributed by atoms with Crippen molar-refractivity contribution in [1.82, 2.24) is 4.98 Å². The summed E-state index contributed by atoms with van der Waals surface area (Å²) in [6.07, 6.45) is 0. The number of nitrogens with two attached hydrogens (primary N) is 1. The topological polar surface area (TPSA) is 84.0 Å². The number of hydrogen-bond donors (Lipinski definition) is 2. The molecule has 6 nitrogen and oxygen atoms in total. The third-order valence-corrected chi connectivity index (χ3v) is 2.92. The van der Waals surface area contributed by atoms with Crippen LogP contribution >= 0.6 is 0 Å². The molecule has 0 atom stereocenters. The van der Waals surface area contributed by atoms with Crippen LogP contribution in [-0.2, 0) is 0 Å². The maximum Gasteiger partial charge on any atom is 0.214 e. The molecule has 1 heterocycles. The Morgan fingerprint density at radius 2 is 1.95 bits per heavy atom. The summed E-state index contributed by atoms with van der Waals surface area (Å²) in [4.78, 5) is 6.27. The second kappa shape index (κ2) is 5.92. The first-order chi connectivity index (χ1) is 9.65. The Labute approximate surface area is 117 Å². The molecule has 104 valence electrons. The molecule has 6 heteroatoms. The standard InChI is InChI=1S/C14H16N4O2/c1-18(12-4-3-5-13(16-12)20-2)11-8-6-10(7-9-11)14(15)17-19/h3-9,19H,1-2H3,(H2,15,17). The molecule has 3 N–H and O–H groups in total. The van der Waals surface area contributed by atoms with Crippen molar-refractivity contribution in [2.45, 2.75) is 0 Å². The van der Waals surface area contributed by atoms with Crippen molar-refractivity contribution in [2.24, 2.45) is 10.9 Å². The molecule has 0 radical (unpaired) electrons. The number of rotatable bonds is 4. The average Bonchev–Trinajstić information content (AvgIpc) is 2.53. The molecule has 2 rings (SSSR count). The lowest BCUT2D eigenvalue weighted by Crippen LogP contribution is -2.14. The van der Waals surface area contributed by atoms with Gasteiger partial charge in [0.05, 0.1) is 7.11 Å². The first kappa shape index (κ1) is 13.7. The van der Waals surface area contributed by atoms with Crippen molar-refractivity contribution in [3.05, 3.63) is 48.0 Å². The zero-order valence-corrected chi connectivity index (χ0v) is 11.3. The minimum Gasteiger partial charge on any atom is -0.481 e. The van der Waals surface area contributed by atoms with Crippen molar-refractivity contribution in [3.63, 3.8) is 0 Å². The summed E-state index contributed by atoms with van der Waals surface area (Å²) < 4.78 is 5.11. The molecule has 2 aromatic rings. The number of hydrogen-bond acceptors (Lipinski definition) is 5. The van der Waals surface area contributed by atoms with Crippen molar-refractivity contribution < 1.29 is 9.94 Å². The molecule has 0 saturated carbocycles. The smallest absolute Gasteiger partial charge is 0.214 e. The number of nitrogens with zero attached hydrogens (tertiary/aromatic N) is 3. The highest BCUT2D eigenvalue weighted by molar-refractivity contribution is 5.97. The van der Waals surface area contributed by atoms with Crippen LogP contribution in [0.3, 0.4) is 0 Å². The lowest BCUT2D eigenvalue weighted by atomic mass is 10.2. The van der Waals surface area contributed by atoms with E-state index in [1.165, 1.54) is 0 Å². The molecule has 0 aliphatic carbocycles. The maximum atomic E-state index is 8.63. The van der Waals surface area contributed by atoms with Gasteiger partial charge in [0, 0.05) is 24.4 Å². The summed E-state index contributed by atoms with van der Waals surface area (Å²) >= 11 is 0. The highest BCUT2D eigenvalue weighted by Crippen LogP contribution is 2.23. The molecule has 0 aliphatic heterocycles. The number of benzene rings is 1. The van der Waals surface area contributed by atoms with Crippen LogP contribution < -0.4 is 15.4 Å². The maximum absolute atomic E-state index is 8.63. The van der Waals surface area contributed by atoms with Crippen LogP contribution in [0.1, 0.15) is 5.56 Å². The van der Waals surface area contributed by atoms with Gasteiger partial charge >= 0.3 is 0 Å². The molecule has 0 spiro atoms. The van der Waals surface area contributed by atoms with Gasteiger partial charge in [-0.15, -0.1) is 0 Å². The third-order valence-electron chi connectivity index (χ3n) is 2.92. The largest absolute Gasteiger partial charge is 0.481 e. The van der Waals surface area contributed by atoms with E-state index in [9.17, 15) is 0 Å². The van der Waals surface area contributed by atoms with Crippen LogP contribution in [0, 0.1) is 0 Å². The van der Waals surface area contributed by atoms with E-state index in [4.69, 9.17) is 15.7 Å². The van der Waals surface area contributed by atoms with E-state index in [1.54, 1.807) is 25.3 Å². The van der Waals surface area contributed by atoms with Gasteiger partial charge in [0.2, 0.25) is 5.88 Å². The summed E-state index contributed by atoms with van der Waals surface area (Å²) in [5, 5.41) is 11.6. The van der Waals surface area contributed by atoms with Crippen molar-refractivity contribution in [3.8, 4) is 5.88 Å². The van der Waals surface area contributed by atoms with Crippen LogP contribution in [0.15, 0.2) is 47.6 Å². The number of amidine groups is 1. The first-order valence-corrected chi connectivity index (χ1v) is 5.98. The quantitative estimate of drug-likeness (QED) is 0.384. The van der Waals surface area contributed by atoms with Crippen LogP contribution in [0.2, 0.25) is 0 Å². The normalized spacial score (nSPS) is 11.2. The van der Waals surface area contributed by atoms with Crippen molar-refractivity contribution in [2.75, 3.05) is 19.1 Å². The summed E-state index contributed by atoms with van der Waals surface area (Å²) in [5.74, 6) is 1.40. The summed E-state index contributed by atoms with van der Waals surface area (Å²) in [6.45, 7) is 0. The van der Waals surface area contributed by atoms with E-state index in [0.29, 0.717) is 11.4 Å². The van der Waals surface area contributed by atoms with Gasteiger partial charge in [-0.05, 0) is 30.3 Å². The fraction of sp³-hybridized carbons (Fsp3) is 0.143. The molecule has 0 aliphatic rings. The van der Waals surface area contributed by atoms with Gasteiger partial charge in [-0.2, -0.15) is 4.98 Å². The zero-order valence-electron chi connectivity index (χ0n) is 11.3. The number of aromatic nitrogens is 1. The number of ether oxygens (including phenoxy) is 1.